The van der Waals surface area contributed by atoms with Crippen LogP contribution in [0, 0.1) is 5.92 Å². The fraction of sp³-hybridized carbons (Fsp3) is 0.611. The van der Waals surface area contributed by atoms with E-state index in [2.05, 4.69) is 23.3 Å². The minimum Gasteiger partial charge on any atom is -0.339 e. The van der Waals surface area contributed by atoms with E-state index in [-0.39, 0.29) is 5.91 Å². The molecule has 3 heteroatoms. The van der Waals surface area contributed by atoms with Gasteiger partial charge in [0.1, 0.15) is 0 Å². The second kappa shape index (κ2) is 6.61. The van der Waals surface area contributed by atoms with Crippen molar-refractivity contribution in [3.8, 4) is 0 Å². The molecule has 1 aromatic rings. The maximum Gasteiger partial charge on any atom is 0.254 e. The third-order valence-electron chi connectivity index (χ3n) is 5.21. The van der Waals surface area contributed by atoms with E-state index in [9.17, 15) is 4.79 Å². The Morgan fingerprint density at radius 1 is 1.24 bits per heavy atom. The van der Waals surface area contributed by atoms with Gasteiger partial charge in [0.25, 0.3) is 5.91 Å². The monoisotopic (exact) mass is 286 g/mol. The Morgan fingerprint density at radius 3 is 2.95 bits per heavy atom. The average molecular weight is 286 g/mol. The normalized spacial score (nSPS) is 25.8. The molecule has 3 nitrogen and oxygen atoms in total. The number of nitrogens with one attached hydrogen (secondary N) is 1. The van der Waals surface area contributed by atoms with Crippen LogP contribution < -0.4 is 5.32 Å². The molecule has 1 heterocycles. The summed E-state index contributed by atoms with van der Waals surface area (Å²) in [5.74, 6) is 0.975. The molecule has 1 N–H and O–H groups in total. The highest BCUT2D eigenvalue weighted by Gasteiger charge is 2.28. The summed E-state index contributed by atoms with van der Waals surface area (Å²) >= 11 is 0. The molecule has 21 heavy (non-hydrogen) atoms. The molecule has 0 saturated heterocycles. The fourth-order valence-electron chi connectivity index (χ4n) is 3.98. The molecule has 0 aromatic heterocycles. The van der Waals surface area contributed by atoms with E-state index in [1.165, 1.54) is 24.8 Å². The van der Waals surface area contributed by atoms with Gasteiger partial charge in [0.05, 0.1) is 0 Å². The van der Waals surface area contributed by atoms with Gasteiger partial charge in [0.15, 0.2) is 0 Å². The predicted molar refractivity (Wildman–Crippen MR) is 85.5 cm³/mol. The van der Waals surface area contributed by atoms with Gasteiger partial charge >= 0.3 is 0 Å². The first-order valence-electron chi connectivity index (χ1n) is 8.34. The lowest BCUT2D eigenvalue weighted by Gasteiger charge is -2.25. The lowest BCUT2D eigenvalue weighted by atomic mass is 9.99. The fourth-order valence-corrected chi connectivity index (χ4v) is 3.98. The number of hydrogen-bond acceptors (Lipinski definition) is 2. The van der Waals surface area contributed by atoms with E-state index in [1.807, 2.05) is 18.2 Å². The highest BCUT2D eigenvalue weighted by atomic mass is 16.2. The summed E-state index contributed by atoms with van der Waals surface area (Å²) in [6.45, 7) is 1.82. The minimum absolute atomic E-state index is 0.238. The van der Waals surface area contributed by atoms with Gasteiger partial charge in [0, 0.05) is 24.7 Å². The van der Waals surface area contributed by atoms with Crippen LogP contribution >= 0.6 is 0 Å². The summed E-state index contributed by atoms with van der Waals surface area (Å²) < 4.78 is 0. The molecule has 1 aromatic carbocycles. The van der Waals surface area contributed by atoms with Crippen LogP contribution in [0.5, 0.6) is 0 Å². The maximum atomic E-state index is 12.7. The lowest BCUT2D eigenvalue weighted by Crippen LogP contribution is -2.35. The van der Waals surface area contributed by atoms with Crippen molar-refractivity contribution >= 4 is 5.91 Å². The van der Waals surface area contributed by atoms with Gasteiger partial charge in [-0.3, -0.25) is 4.79 Å². The van der Waals surface area contributed by atoms with E-state index in [1.54, 1.807) is 0 Å². The Labute approximate surface area is 127 Å². The number of carbonyl (C=O) groups is 1. The van der Waals surface area contributed by atoms with Crippen molar-refractivity contribution in [1.82, 2.24) is 10.2 Å². The maximum absolute atomic E-state index is 12.7. The van der Waals surface area contributed by atoms with Crippen LogP contribution in [0.1, 0.15) is 48.0 Å². The van der Waals surface area contributed by atoms with Crippen LogP contribution in [0.4, 0.5) is 0 Å². The van der Waals surface area contributed by atoms with Crippen LogP contribution in [0.25, 0.3) is 0 Å². The van der Waals surface area contributed by atoms with Crippen molar-refractivity contribution in [1.29, 1.82) is 0 Å². The first kappa shape index (κ1) is 14.6. The summed E-state index contributed by atoms with van der Waals surface area (Å²) in [4.78, 5) is 14.8. The summed E-state index contributed by atoms with van der Waals surface area (Å²) in [6, 6.07) is 8.76. The van der Waals surface area contributed by atoms with Crippen LogP contribution in [-0.4, -0.2) is 37.0 Å². The van der Waals surface area contributed by atoms with Crippen molar-refractivity contribution in [2.75, 3.05) is 20.1 Å². The topological polar surface area (TPSA) is 32.3 Å². The van der Waals surface area contributed by atoms with Crippen LogP contribution in [0.15, 0.2) is 24.3 Å². The zero-order valence-corrected chi connectivity index (χ0v) is 13.0. The zero-order chi connectivity index (χ0) is 14.7. The molecule has 1 amide bonds. The predicted octanol–water partition coefficient (Wildman–Crippen LogP) is 2.85. The molecule has 2 aliphatic rings. The van der Waals surface area contributed by atoms with Crippen LogP contribution in [0.3, 0.4) is 0 Å². The molecule has 114 valence electrons. The van der Waals surface area contributed by atoms with Gasteiger partial charge in [-0.2, -0.15) is 0 Å². The molecule has 0 spiro atoms. The number of aryl methyl sites for hydroxylation is 1. The highest BCUT2D eigenvalue weighted by Crippen LogP contribution is 2.29. The Morgan fingerprint density at radius 2 is 2.10 bits per heavy atom. The van der Waals surface area contributed by atoms with Gasteiger partial charge in [-0.05, 0) is 56.7 Å². The first-order valence-corrected chi connectivity index (χ1v) is 8.34. The summed E-state index contributed by atoms with van der Waals surface area (Å²) in [5.41, 5.74) is 2.14. The molecule has 1 aliphatic heterocycles. The molecule has 3 rings (SSSR count). The van der Waals surface area contributed by atoms with Gasteiger partial charge in [0.2, 0.25) is 0 Å². The molecule has 1 fully saturated rings. The molecule has 1 saturated carbocycles. The van der Waals surface area contributed by atoms with Gasteiger partial charge < -0.3 is 10.2 Å². The molecule has 2 atom stereocenters. The Bertz CT molecular complexity index is 500. The summed E-state index contributed by atoms with van der Waals surface area (Å²) in [5, 5.41) is 3.44. The van der Waals surface area contributed by atoms with Crippen molar-refractivity contribution in [3.63, 3.8) is 0 Å². The third-order valence-corrected chi connectivity index (χ3v) is 5.21. The van der Waals surface area contributed by atoms with E-state index in [0.717, 1.165) is 43.8 Å². The quantitative estimate of drug-likeness (QED) is 0.923. The number of nitrogens with zero attached hydrogens (tertiary/aromatic N) is 1. The van der Waals surface area contributed by atoms with Crippen molar-refractivity contribution in [2.24, 2.45) is 5.92 Å². The molecule has 0 bridgehead atoms. The molecule has 1 aliphatic carbocycles. The standard InChI is InChI=1S/C18H26N2O/c1-19-17-10-4-7-15(17)11-13-20-12-5-8-14-6-2-3-9-16(14)18(20)21/h2-3,6,9,15,17,19H,4-5,7-8,10-13H2,1H3. The molecule has 0 radical (unpaired) electrons. The van der Waals surface area contributed by atoms with Crippen molar-refractivity contribution in [2.45, 2.75) is 44.6 Å². The van der Waals surface area contributed by atoms with Crippen molar-refractivity contribution < 1.29 is 4.79 Å². The van der Waals surface area contributed by atoms with E-state index >= 15 is 0 Å². The van der Waals surface area contributed by atoms with E-state index < -0.39 is 0 Å². The Balaban J connectivity index is 1.65. The summed E-state index contributed by atoms with van der Waals surface area (Å²) in [7, 11) is 2.07. The number of benzene rings is 1. The minimum atomic E-state index is 0.238. The van der Waals surface area contributed by atoms with Gasteiger partial charge in [-0.15, -0.1) is 0 Å². The number of amides is 1. The Hall–Kier alpha value is -1.35. The van der Waals surface area contributed by atoms with Gasteiger partial charge in [-0.1, -0.05) is 24.6 Å². The van der Waals surface area contributed by atoms with Crippen molar-refractivity contribution in [3.05, 3.63) is 35.4 Å². The van der Waals surface area contributed by atoms with Crippen LogP contribution in [-0.2, 0) is 6.42 Å². The third kappa shape index (κ3) is 3.13. The van der Waals surface area contributed by atoms with E-state index in [4.69, 9.17) is 0 Å². The first-order chi connectivity index (χ1) is 10.3. The second-order valence-corrected chi connectivity index (χ2v) is 6.43. The number of hydrogen-bond donors (Lipinski definition) is 1. The lowest BCUT2D eigenvalue weighted by molar-refractivity contribution is 0.0749. The second-order valence-electron chi connectivity index (χ2n) is 6.43. The number of rotatable bonds is 4. The number of fused-ring (bicyclic) bond motifs is 1. The van der Waals surface area contributed by atoms with Crippen LogP contribution in [0.2, 0.25) is 0 Å². The van der Waals surface area contributed by atoms with E-state index in [0.29, 0.717) is 6.04 Å². The number of carbonyl (C=O) groups excluding carboxylic acids is 1. The molecular weight excluding hydrogens is 260 g/mol. The molecular formula is C18H26N2O. The zero-order valence-electron chi connectivity index (χ0n) is 13.0. The highest BCUT2D eigenvalue weighted by molar-refractivity contribution is 5.96. The largest absolute Gasteiger partial charge is 0.339 e. The van der Waals surface area contributed by atoms with Gasteiger partial charge in [-0.25, -0.2) is 0 Å². The molecule has 2 unspecified atom stereocenters. The smallest absolute Gasteiger partial charge is 0.254 e. The average Bonchev–Trinajstić information content (AvgIpc) is 2.91. The SMILES string of the molecule is CNC1CCCC1CCN1CCCc2ccccc2C1=O. The summed E-state index contributed by atoms with van der Waals surface area (Å²) in [6.07, 6.45) is 7.18. The Kier molecular flexibility index (Phi) is 4.59.